The van der Waals surface area contributed by atoms with Gasteiger partial charge in [0.1, 0.15) is 0 Å². The van der Waals surface area contributed by atoms with Crippen LogP contribution in [-0.2, 0) is 6.54 Å². The van der Waals surface area contributed by atoms with Crippen molar-refractivity contribution in [3.8, 4) is 10.7 Å². The normalized spacial score (nSPS) is 10.8. The van der Waals surface area contributed by atoms with Gasteiger partial charge in [-0.2, -0.15) is 0 Å². The van der Waals surface area contributed by atoms with Gasteiger partial charge in [-0.1, -0.05) is 28.9 Å². The maximum absolute atomic E-state index is 12.5. The van der Waals surface area contributed by atoms with Crippen molar-refractivity contribution in [3.63, 3.8) is 0 Å². The molecule has 22 heavy (non-hydrogen) atoms. The van der Waals surface area contributed by atoms with E-state index in [0.717, 1.165) is 16.0 Å². The van der Waals surface area contributed by atoms with E-state index >= 15 is 0 Å². The summed E-state index contributed by atoms with van der Waals surface area (Å²) < 4.78 is 6.00. The molecule has 1 aromatic carbocycles. The molecule has 112 valence electrons. The molecule has 0 unspecified atom stereocenters. The molecule has 0 aliphatic heterocycles. The first-order valence-corrected chi connectivity index (χ1v) is 7.65. The topological polar surface area (TPSA) is 65.1 Å². The van der Waals surface area contributed by atoms with Gasteiger partial charge in [0.05, 0.1) is 11.4 Å². The second-order valence-corrected chi connectivity index (χ2v) is 6.02. The fourth-order valence-electron chi connectivity index (χ4n) is 2.26. The molecule has 0 aliphatic carbocycles. The van der Waals surface area contributed by atoms with Crippen LogP contribution in [0.15, 0.2) is 45.0 Å². The summed E-state index contributed by atoms with van der Waals surface area (Å²) in [5.41, 5.74) is 2.51. The lowest BCUT2D eigenvalue weighted by atomic mass is 10.0. The van der Waals surface area contributed by atoms with E-state index in [2.05, 4.69) is 5.16 Å². The van der Waals surface area contributed by atoms with Crippen molar-refractivity contribution in [1.82, 2.24) is 9.72 Å². The Bertz CT molecular complexity index is 875. The van der Waals surface area contributed by atoms with Gasteiger partial charge in [-0.15, -0.1) is 11.3 Å². The first kappa shape index (κ1) is 14.5. The van der Waals surface area contributed by atoms with Crippen LogP contribution in [0.2, 0.25) is 0 Å². The van der Waals surface area contributed by atoms with Crippen LogP contribution in [0.5, 0.6) is 0 Å². The molecule has 3 rings (SSSR count). The van der Waals surface area contributed by atoms with Crippen LogP contribution in [0.1, 0.15) is 21.5 Å². The Labute approximate surface area is 130 Å². The minimum atomic E-state index is -0.623. The quantitative estimate of drug-likeness (QED) is 0.694. The molecule has 0 fully saturated rings. The van der Waals surface area contributed by atoms with Gasteiger partial charge in [0.25, 0.3) is 0 Å². The van der Waals surface area contributed by atoms with Gasteiger partial charge in [-0.25, -0.2) is 9.36 Å². The molecule has 0 bridgehead atoms. The number of ketones is 1. The maximum Gasteiger partial charge on any atom is 0.442 e. The van der Waals surface area contributed by atoms with Crippen molar-refractivity contribution in [2.75, 3.05) is 0 Å². The first-order chi connectivity index (χ1) is 10.6. The molecule has 2 aromatic heterocycles. The van der Waals surface area contributed by atoms with Crippen molar-refractivity contribution in [2.45, 2.75) is 20.4 Å². The number of aromatic nitrogens is 2. The van der Waals surface area contributed by atoms with Crippen molar-refractivity contribution < 1.29 is 9.32 Å². The molecule has 3 aromatic rings. The Morgan fingerprint density at radius 1 is 1.32 bits per heavy atom. The van der Waals surface area contributed by atoms with Crippen molar-refractivity contribution in [2.24, 2.45) is 0 Å². The molecular formula is C16H14N2O3S. The highest BCUT2D eigenvalue weighted by Crippen LogP contribution is 2.22. The fourth-order valence-corrected chi connectivity index (χ4v) is 2.97. The van der Waals surface area contributed by atoms with E-state index in [0.29, 0.717) is 11.4 Å². The lowest BCUT2D eigenvalue weighted by molar-refractivity contribution is 0.0969. The van der Waals surface area contributed by atoms with E-state index in [1.807, 2.05) is 49.6 Å². The van der Waals surface area contributed by atoms with Crippen LogP contribution in [-0.4, -0.2) is 15.5 Å². The highest BCUT2D eigenvalue weighted by molar-refractivity contribution is 7.13. The van der Waals surface area contributed by atoms with Gasteiger partial charge in [-0.05, 0) is 36.9 Å². The summed E-state index contributed by atoms with van der Waals surface area (Å²) in [4.78, 5) is 25.2. The molecule has 6 heteroatoms. The van der Waals surface area contributed by atoms with E-state index in [-0.39, 0.29) is 12.3 Å². The van der Waals surface area contributed by atoms with E-state index in [4.69, 9.17) is 4.52 Å². The molecular weight excluding hydrogens is 300 g/mol. The number of hydrogen-bond donors (Lipinski definition) is 0. The third kappa shape index (κ3) is 2.65. The zero-order chi connectivity index (χ0) is 15.7. The van der Waals surface area contributed by atoms with Crippen LogP contribution in [0.25, 0.3) is 10.7 Å². The molecule has 0 N–H and O–H groups in total. The summed E-state index contributed by atoms with van der Waals surface area (Å²) in [5.74, 6) is -0.370. The smallest absolute Gasteiger partial charge is 0.295 e. The minimum absolute atomic E-state index is 0.0835. The summed E-state index contributed by atoms with van der Waals surface area (Å²) in [7, 11) is 0. The van der Waals surface area contributed by atoms with Gasteiger partial charge in [0, 0.05) is 5.56 Å². The molecule has 0 amide bonds. The second-order valence-electron chi connectivity index (χ2n) is 5.08. The summed E-state index contributed by atoms with van der Waals surface area (Å²) in [6, 6.07) is 9.38. The van der Waals surface area contributed by atoms with Crippen LogP contribution >= 0.6 is 11.3 Å². The Kier molecular flexibility index (Phi) is 3.77. The summed E-state index contributed by atoms with van der Waals surface area (Å²) in [6.07, 6.45) is 0. The molecule has 5 nitrogen and oxygen atoms in total. The van der Waals surface area contributed by atoms with Gasteiger partial charge in [0.15, 0.2) is 11.6 Å². The number of benzene rings is 1. The molecule has 2 heterocycles. The molecule has 0 aliphatic rings. The summed E-state index contributed by atoms with van der Waals surface area (Å²) in [5, 5.41) is 5.66. The van der Waals surface area contributed by atoms with Gasteiger partial charge in [0.2, 0.25) is 0 Å². The monoisotopic (exact) mass is 314 g/mol. The van der Waals surface area contributed by atoms with E-state index in [1.54, 1.807) is 0 Å². The number of hydrogen-bond acceptors (Lipinski definition) is 5. The molecule has 0 atom stereocenters. The van der Waals surface area contributed by atoms with Crippen molar-refractivity contribution >= 4 is 17.1 Å². The molecule has 0 saturated heterocycles. The molecule has 0 spiro atoms. The lowest BCUT2D eigenvalue weighted by Crippen LogP contribution is -2.21. The Balaban J connectivity index is 1.97. The van der Waals surface area contributed by atoms with Crippen LogP contribution in [0, 0.1) is 13.8 Å². The third-order valence-corrected chi connectivity index (χ3v) is 4.29. The Hall–Kier alpha value is -2.47. The number of carbonyl (C=O) groups excluding carboxylic acids is 1. The lowest BCUT2D eigenvalue weighted by Gasteiger charge is -2.07. The number of rotatable bonds is 4. The van der Waals surface area contributed by atoms with Gasteiger partial charge in [-0.3, -0.25) is 9.32 Å². The predicted octanol–water partition coefficient (Wildman–Crippen LogP) is 3.06. The molecule has 0 radical (unpaired) electrons. The standard InChI is InChI=1S/C16H14N2O3S/c1-10-5-6-11(2)12(8-10)13(19)9-18-15(17-21-16(18)20)14-4-3-7-22-14/h3-8H,9H2,1-2H3. The van der Waals surface area contributed by atoms with E-state index in [1.165, 1.54) is 15.9 Å². The number of thiophene rings is 1. The predicted molar refractivity (Wildman–Crippen MR) is 84.3 cm³/mol. The van der Waals surface area contributed by atoms with Crippen molar-refractivity contribution in [3.05, 3.63) is 63.0 Å². The highest BCUT2D eigenvalue weighted by atomic mass is 32.1. The Morgan fingerprint density at radius 3 is 2.86 bits per heavy atom. The Morgan fingerprint density at radius 2 is 2.14 bits per heavy atom. The number of Topliss-reactive ketones (excluding diaryl/α,β-unsaturated/α-hetero) is 1. The van der Waals surface area contributed by atoms with E-state index in [9.17, 15) is 9.59 Å². The first-order valence-electron chi connectivity index (χ1n) is 6.77. The van der Waals surface area contributed by atoms with Crippen molar-refractivity contribution in [1.29, 1.82) is 0 Å². The van der Waals surface area contributed by atoms with Crippen LogP contribution < -0.4 is 5.76 Å². The molecule has 0 saturated carbocycles. The SMILES string of the molecule is Cc1ccc(C)c(C(=O)Cn2c(-c3cccs3)noc2=O)c1. The zero-order valence-electron chi connectivity index (χ0n) is 12.2. The number of nitrogens with zero attached hydrogens (tertiary/aromatic N) is 2. The number of aryl methyl sites for hydroxylation is 2. The average molecular weight is 314 g/mol. The fraction of sp³-hybridized carbons (Fsp3) is 0.188. The largest absolute Gasteiger partial charge is 0.442 e. The third-order valence-electron chi connectivity index (χ3n) is 3.42. The highest BCUT2D eigenvalue weighted by Gasteiger charge is 2.18. The summed E-state index contributed by atoms with van der Waals surface area (Å²) >= 11 is 1.44. The average Bonchev–Trinajstić information content (AvgIpc) is 3.12. The second kappa shape index (κ2) is 5.73. The minimum Gasteiger partial charge on any atom is -0.295 e. The van der Waals surface area contributed by atoms with Gasteiger partial charge >= 0.3 is 5.76 Å². The van der Waals surface area contributed by atoms with E-state index < -0.39 is 5.76 Å². The van der Waals surface area contributed by atoms with Gasteiger partial charge < -0.3 is 0 Å². The zero-order valence-corrected chi connectivity index (χ0v) is 13.0. The maximum atomic E-state index is 12.5. The van der Waals surface area contributed by atoms with Crippen LogP contribution in [0.4, 0.5) is 0 Å². The summed E-state index contributed by atoms with van der Waals surface area (Å²) in [6.45, 7) is 3.72. The number of carbonyl (C=O) groups is 1. The van der Waals surface area contributed by atoms with Crippen LogP contribution in [0.3, 0.4) is 0 Å².